The lowest BCUT2D eigenvalue weighted by Crippen LogP contribution is -2.34. The first-order valence-electron chi connectivity index (χ1n) is 11.1. The van der Waals surface area contributed by atoms with Gasteiger partial charge in [-0.05, 0) is 23.1 Å². The Kier molecular flexibility index (Phi) is 6.25. The van der Waals surface area contributed by atoms with Crippen molar-refractivity contribution in [3.8, 4) is 23.3 Å². The Hall–Kier alpha value is -4.82. The molecule has 1 fully saturated rings. The van der Waals surface area contributed by atoms with Crippen LogP contribution in [0.4, 0.5) is 20.7 Å². The van der Waals surface area contributed by atoms with Gasteiger partial charge in [-0.2, -0.15) is 4.98 Å². The number of rotatable bonds is 7. The van der Waals surface area contributed by atoms with Gasteiger partial charge in [0.2, 0.25) is 11.8 Å². The minimum atomic E-state index is -0.663. The highest BCUT2D eigenvalue weighted by atomic mass is 19.1. The third kappa shape index (κ3) is 5.10. The van der Waals surface area contributed by atoms with E-state index in [4.69, 9.17) is 14.2 Å². The summed E-state index contributed by atoms with van der Waals surface area (Å²) >= 11 is 0. The Bertz CT molecular complexity index is 1380. The summed E-state index contributed by atoms with van der Waals surface area (Å²) in [6, 6.07) is 5.78. The minimum Gasteiger partial charge on any atom is -0.469 e. The number of nitrogens with zero attached hydrogens (tertiary/aromatic N) is 6. The number of benzene rings is 1. The maximum atomic E-state index is 15.0. The highest BCUT2D eigenvalue weighted by Gasteiger charge is 2.33. The number of aromatic nitrogens is 4. The summed E-state index contributed by atoms with van der Waals surface area (Å²) in [7, 11) is 0. The average Bonchev–Trinajstić information content (AvgIpc) is 3.46. The highest BCUT2D eigenvalue weighted by Crippen LogP contribution is 2.29. The maximum absolute atomic E-state index is 15.0. The molecule has 0 aliphatic carbocycles. The maximum Gasteiger partial charge on any atom is 0.414 e. The zero-order valence-corrected chi connectivity index (χ0v) is 19.4. The Balaban J connectivity index is 1.27. The lowest BCUT2D eigenvalue weighted by Gasteiger charge is -2.22. The Morgan fingerprint density at radius 1 is 1.32 bits per heavy atom. The second kappa shape index (κ2) is 9.67. The van der Waals surface area contributed by atoms with Gasteiger partial charge in [-0.25, -0.2) is 14.2 Å². The van der Waals surface area contributed by atoms with Crippen molar-refractivity contribution in [3.05, 3.63) is 52.6 Å². The third-order valence-corrected chi connectivity index (χ3v) is 5.59. The molecule has 192 valence electrons. The Morgan fingerprint density at radius 2 is 2.16 bits per heavy atom. The van der Waals surface area contributed by atoms with Crippen molar-refractivity contribution in [1.82, 2.24) is 24.8 Å². The molecule has 14 nitrogen and oxygen atoms in total. The van der Waals surface area contributed by atoms with Gasteiger partial charge in [-0.1, -0.05) is 0 Å². The standard InChI is InChI=1S/C22H20FN7O7/c1-12(31)25-7-14-9-29(22(32)37-14)13-2-3-16(17(23)6-13)20-24-5-4-19(27-20)36-15-8-28-10-18(30(33)34)26-21(28)35-11-15/h2-6,10,14-15H,7-9,11H2,1H3,(H,25,31). The number of cyclic esters (lactones) is 1. The zero-order valence-electron chi connectivity index (χ0n) is 19.4. The van der Waals surface area contributed by atoms with Crippen molar-refractivity contribution < 1.29 is 33.1 Å². The number of anilines is 1. The van der Waals surface area contributed by atoms with Crippen molar-refractivity contribution in [1.29, 1.82) is 0 Å². The van der Waals surface area contributed by atoms with Gasteiger partial charge in [0.15, 0.2) is 11.9 Å². The van der Waals surface area contributed by atoms with Gasteiger partial charge in [-0.15, -0.1) is 0 Å². The molecule has 2 atom stereocenters. The van der Waals surface area contributed by atoms with Gasteiger partial charge in [0, 0.05) is 24.2 Å². The predicted octanol–water partition coefficient (Wildman–Crippen LogP) is 1.69. The molecule has 0 radical (unpaired) electrons. The summed E-state index contributed by atoms with van der Waals surface area (Å²) in [6.07, 6.45) is 0.945. The van der Waals surface area contributed by atoms with Crippen LogP contribution in [0, 0.1) is 15.9 Å². The summed E-state index contributed by atoms with van der Waals surface area (Å²) in [6.45, 7) is 2.00. The molecule has 1 aromatic carbocycles. The molecule has 0 spiro atoms. The summed E-state index contributed by atoms with van der Waals surface area (Å²) in [5, 5.41) is 13.5. The third-order valence-electron chi connectivity index (χ3n) is 5.59. The molecule has 1 saturated heterocycles. The van der Waals surface area contributed by atoms with E-state index in [1.54, 1.807) is 6.07 Å². The number of halogens is 1. The average molecular weight is 513 g/mol. The van der Waals surface area contributed by atoms with E-state index in [0.717, 1.165) is 0 Å². The van der Waals surface area contributed by atoms with E-state index in [-0.39, 0.29) is 66.9 Å². The first kappa shape index (κ1) is 23.9. The number of nitrogens with one attached hydrogen (secondary N) is 1. The summed E-state index contributed by atoms with van der Waals surface area (Å²) in [5.41, 5.74) is 0.373. The van der Waals surface area contributed by atoms with E-state index < -0.39 is 29.0 Å². The molecule has 0 bridgehead atoms. The van der Waals surface area contributed by atoms with E-state index in [9.17, 15) is 19.7 Å². The number of fused-ring (bicyclic) bond motifs is 1. The lowest BCUT2D eigenvalue weighted by atomic mass is 10.1. The predicted molar refractivity (Wildman–Crippen MR) is 123 cm³/mol. The van der Waals surface area contributed by atoms with Crippen LogP contribution in [0.5, 0.6) is 11.9 Å². The quantitative estimate of drug-likeness (QED) is 0.363. The van der Waals surface area contributed by atoms with Crippen molar-refractivity contribution in [2.24, 2.45) is 0 Å². The fourth-order valence-corrected chi connectivity index (χ4v) is 3.89. The van der Waals surface area contributed by atoms with Gasteiger partial charge in [0.1, 0.15) is 24.7 Å². The number of amides is 2. The van der Waals surface area contributed by atoms with Crippen LogP contribution in [-0.4, -0.2) is 68.3 Å². The number of ether oxygens (including phenoxy) is 3. The monoisotopic (exact) mass is 513 g/mol. The molecular weight excluding hydrogens is 493 g/mol. The molecule has 2 aliphatic heterocycles. The fraction of sp³-hybridized carbons (Fsp3) is 0.318. The highest BCUT2D eigenvalue weighted by molar-refractivity contribution is 5.90. The van der Waals surface area contributed by atoms with Gasteiger partial charge >= 0.3 is 17.9 Å². The Labute approximate surface area is 208 Å². The number of imidazole rings is 1. The van der Waals surface area contributed by atoms with Crippen LogP contribution in [0.25, 0.3) is 11.4 Å². The molecule has 15 heteroatoms. The van der Waals surface area contributed by atoms with Crippen LogP contribution < -0.4 is 19.7 Å². The molecule has 2 unspecified atom stereocenters. The summed E-state index contributed by atoms with van der Waals surface area (Å²) < 4.78 is 33.0. The van der Waals surface area contributed by atoms with Crippen molar-refractivity contribution in [2.75, 3.05) is 24.6 Å². The summed E-state index contributed by atoms with van der Waals surface area (Å²) in [4.78, 5) is 47.1. The molecule has 2 amide bonds. The first-order chi connectivity index (χ1) is 17.8. The summed E-state index contributed by atoms with van der Waals surface area (Å²) in [5.74, 6) is -1.02. The molecule has 0 saturated carbocycles. The van der Waals surface area contributed by atoms with E-state index in [2.05, 4.69) is 20.3 Å². The smallest absolute Gasteiger partial charge is 0.414 e. The topological polar surface area (TPSA) is 164 Å². The second-order valence-electron chi connectivity index (χ2n) is 8.28. The fourth-order valence-electron chi connectivity index (χ4n) is 3.89. The molecule has 1 N–H and O–H groups in total. The number of carbonyl (C=O) groups is 2. The van der Waals surface area contributed by atoms with Gasteiger partial charge in [0.25, 0.3) is 0 Å². The van der Waals surface area contributed by atoms with Crippen LogP contribution in [-0.2, 0) is 16.1 Å². The normalized spacial score (nSPS) is 18.5. The molecule has 5 rings (SSSR count). The molecule has 2 aliphatic rings. The van der Waals surface area contributed by atoms with Gasteiger partial charge < -0.3 is 29.6 Å². The van der Waals surface area contributed by atoms with E-state index >= 15 is 4.39 Å². The number of nitro groups is 1. The molecule has 4 heterocycles. The van der Waals surface area contributed by atoms with Crippen molar-refractivity contribution in [2.45, 2.75) is 25.7 Å². The SMILES string of the molecule is CC(=O)NCC1CN(c2ccc(-c3nccc(OC4COc5nc([N+](=O)[O-])cn5C4)n3)c(F)c2)C(=O)O1. The lowest BCUT2D eigenvalue weighted by molar-refractivity contribution is -0.389. The van der Waals surface area contributed by atoms with Crippen LogP contribution in [0.3, 0.4) is 0 Å². The largest absolute Gasteiger partial charge is 0.469 e. The molecule has 3 aromatic rings. The van der Waals surface area contributed by atoms with E-state index in [1.807, 2.05) is 0 Å². The zero-order chi connectivity index (χ0) is 26.1. The van der Waals surface area contributed by atoms with Crippen LogP contribution in [0.1, 0.15) is 6.92 Å². The van der Waals surface area contributed by atoms with Crippen LogP contribution >= 0.6 is 0 Å². The van der Waals surface area contributed by atoms with Crippen molar-refractivity contribution >= 4 is 23.5 Å². The Morgan fingerprint density at radius 3 is 2.92 bits per heavy atom. The number of carbonyl (C=O) groups excluding carboxylic acids is 2. The second-order valence-corrected chi connectivity index (χ2v) is 8.28. The molecular formula is C22H20FN7O7. The van der Waals surface area contributed by atoms with Crippen molar-refractivity contribution in [3.63, 3.8) is 0 Å². The number of hydrogen-bond acceptors (Lipinski definition) is 10. The first-order valence-corrected chi connectivity index (χ1v) is 11.1. The van der Waals surface area contributed by atoms with Crippen LogP contribution in [0.15, 0.2) is 36.7 Å². The molecule has 37 heavy (non-hydrogen) atoms. The van der Waals surface area contributed by atoms with Gasteiger partial charge in [0.05, 0.1) is 30.9 Å². The van der Waals surface area contributed by atoms with Crippen LogP contribution in [0.2, 0.25) is 0 Å². The molecule has 2 aromatic heterocycles. The van der Waals surface area contributed by atoms with E-state index in [0.29, 0.717) is 0 Å². The minimum absolute atomic E-state index is 0.0600. The van der Waals surface area contributed by atoms with Gasteiger partial charge in [-0.3, -0.25) is 14.3 Å². The van der Waals surface area contributed by atoms with E-state index in [1.165, 1.54) is 47.0 Å². The number of hydrogen-bond donors (Lipinski definition) is 1.